The highest BCUT2D eigenvalue weighted by Crippen LogP contribution is 2.28. The number of amides is 1. The smallest absolute Gasteiger partial charge is 0.261 e. The average Bonchev–Trinajstić information content (AvgIpc) is 2.72. The largest absolute Gasteiger partial charge is 0.321 e. The van der Waals surface area contributed by atoms with Crippen LogP contribution in [0.3, 0.4) is 0 Å². The molecule has 0 atom stereocenters. The molecule has 0 aliphatic carbocycles. The zero-order valence-electron chi connectivity index (χ0n) is 16.2. The van der Waals surface area contributed by atoms with Gasteiger partial charge in [0.25, 0.3) is 15.9 Å². The molecule has 5 nitrogen and oxygen atoms in total. The van der Waals surface area contributed by atoms with Gasteiger partial charge in [-0.3, -0.25) is 9.52 Å². The standard InChI is InChI=1S/C22H22N2O3S2/c1-3-28-21-12-8-7-11-19(21)23-22(25)17-14-13-16(2)20(15-17)24-29(26,27)18-9-5-4-6-10-18/h4-15,24H,3H2,1-2H3,(H,23,25). The Kier molecular flexibility index (Phi) is 6.61. The second kappa shape index (κ2) is 9.15. The van der Waals surface area contributed by atoms with E-state index in [-0.39, 0.29) is 10.8 Å². The number of hydrogen-bond acceptors (Lipinski definition) is 4. The number of thioether (sulfide) groups is 1. The first-order valence-electron chi connectivity index (χ1n) is 9.12. The molecule has 0 fully saturated rings. The fraction of sp³-hybridized carbons (Fsp3) is 0.136. The zero-order chi connectivity index (χ0) is 20.9. The Balaban J connectivity index is 1.85. The molecule has 0 aromatic heterocycles. The van der Waals surface area contributed by atoms with E-state index >= 15 is 0 Å². The van der Waals surface area contributed by atoms with E-state index in [0.29, 0.717) is 11.3 Å². The van der Waals surface area contributed by atoms with Crippen LogP contribution in [0.15, 0.2) is 82.6 Å². The minimum absolute atomic E-state index is 0.166. The lowest BCUT2D eigenvalue weighted by atomic mass is 10.1. The summed E-state index contributed by atoms with van der Waals surface area (Å²) >= 11 is 1.64. The number of carbonyl (C=O) groups excluding carboxylic acids is 1. The predicted octanol–water partition coefficient (Wildman–Crippen LogP) is 5.16. The molecule has 0 saturated carbocycles. The van der Waals surface area contributed by atoms with Gasteiger partial charge in [-0.25, -0.2) is 8.42 Å². The lowest BCUT2D eigenvalue weighted by Crippen LogP contribution is -2.16. The summed E-state index contributed by atoms with van der Waals surface area (Å²) in [6.45, 7) is 3.84. The lowest BCUT2D eigenvalue weighted by molar-refractivity contribution is 0.102. The molecule has 29 heavy (non-hydrogen) atoms. The molecule has 2 N–H and O–H groups in total. The summed E-state index contributed by atoms with van der Waals surface area (Å²) in [5.74, 6) is 0.595. The summed E-state index contributed by atoms with van der Waals surface area (Å²) in [4.78, 5) is 13.9. The first-order chi connectivity index (χ1) is 13.9. The second-order valence-corrected chi connectivity index (χ2v) is 9.32. The van der Waals surface area contributed by atoms with Gasteiger partial charge in [-0.1, -0.05) is 43.3 Å². The molecule has 0 spiro atoms. The predicted molar refractivity (Wildman–Crippen MR) is 119 cm³/mol. The van der Waals surface area contributed by atoms with Crippen LogP contribution in [0.4, 0.5) is 11.4 Å². The Morgan fingerprint density at radius 1 is 0.931 bits per heavy atom. The first kappa shape index (κ1) is 21.0. The highest BCUT2D eigenvalue weighted by Gasteiger charge is 2.17. The van der Waals surface area contributed by atoms with Gasteiger partial charge in [-0.2, -0.15) is 0 Å². The lowest BCUT2D eigenvalue weighted by Gasteiger charge is -2.13. The Bertz CT molecular complexity index is 1110. The molecule has 150 valence electrons. The molecule has 0 heterocycles. The summed E-state index contributed by atoms with van der Waals surface area (Å²) < 4.78 is 27.8. The van der Waals surface area contributed by atoms with Crippen molar-refractivity contribution in [3.8, 4) is 0 Å². The molecular weight excluding hydrogens is 404 g/mol. The van der Waals surface area contributed by atoms with Gasteiger partial charge in [0.1, 0.15) is 0 Å². The van der Waals surface area contributed by atoms with E-state index in [1.807, 2.05) is 31.2 Å². The van der Waals surface area contributed by atoms with Crippen molar-refractivity contribution in [1.82, 2.24) is 0 Å². The van der Waals surface area contributed by atoms with E-state index in [1.165, 1.54) is 12.1 Å². The molecule has 0 saturated heterocycles. The Morgan fingerprint density at radius 2 is 1.62 bits per heavy atom. The van der Waals surface area contributed by atoms with E-state index < -0.39 is 10.0 Å². The number of benzene rings is 3. The summed E-state index contributed by atoms with van der Waals surface area (Å²) in [6, 6.07) is 20.7. The third-order valence-corrected chi connectivity index (χ3v) is 6.57. The molecule has 3 aromatic rings. The van der Waals surface area contributed by atoms with E-state index in [4.69, 9.17) is 0 Å². The average molecular weight is 427 g/mol. The van der Waals surface area contributed by atoms with E-state index in [2.05, 4.69) is 10.0 Å². The minimum Gasteiger partial charge on any atom is -0.321 e. The maximum absolute atomic E-state index is 12.8. The monoisotopic (exact) mass is 426 g/mol. The fourth-order valence-corrected chi connectivity index (χ4v) is 4.63. The van der Waals surface area contributed by atoms with Crippen LogP contribution in [0.25, 0.3) is 0 Å². The van der Waals surface area contributed by atoms with Gasteiger partial charge in [0.2, 0.25) is 0 Å². The molecule has 3 rings (SSSR count). The van der Waals surface area contributed by atoms with Crippen LogP contribution in [0, 0.1) is 6.92 Å². The van der Waals surface area contributed by atoms with Gasteiger partial charge in [0.15, 0.2) is 0 Å². The third-order valence-electron chi connectivity index (χ3n) is 4.23. The van der Waals surface area contributed by atoms with Crippen molar-refractivity contribution in [2.45, 2.75) is 23.6 Å². The summed E-state index contributed by atoms with van der Waals surface area (Å²) in [5, 5.41) is 2.92. The highest BCUT2D eigenvalue weighted by atomic mass is 32.2. The molecule has 0 aliphatic rings. The Morgan fingerprint density at radius 3 is 2.34 bits per heavy atom. The fourth-order valence-electron chi connectivity index (χ4n) is 2.72. The van der Waals surface area contributed by atoms with E-state index in [9.17, 15) is 13.2 Å². The Labute approximate surface area is 175 Å². The Hall–Kier alpha value is -2.77. The maximum atomic E-state index is 12.8. The number of anilines is 2. The van der Waals surface area contributed by atoms with Crippen molar-refractivity contribution in [3.63, 3.8) is 0 Å². The molecular formula is C22H22N2O3S2. The number of sulfonamides is 1. The van der Waals surface area contributed by atoms with Crippen molar-refractivity contribution in [1.29, 1.82) is 0 Å². The molecule has 0 radical (unpaired) electrons. The topological polar surface area (TPSA) is 75.3 Å². The summed E-state index contributed by atoms with van der Waals surface area (Å²) in [5.41, 5.74) is 2.20. The van der Waals surface area contributed by atoms with Gasteiger partial charge < -0.3 is 5.32 Å². The number of para-hydroxylation sites is 1. The van der Waals surface area contributed by atoms with Gasteiger partial charge in [0, 0.05) is 10.5 Å². The van der Waals surface area contributed by atoms with Crippen molar-refractivity contribution in [3.05, 3.63) is 83.9 Å². The van der Waals surface area contributed by atoms with Gasteiger partial charge in [-0.05, 0) is 54.6 Å². The molecule has 0 bridgehead atoms. The molecule has 7 heteroatoms. The molecule has 3 aromatic carbocycles. The normalized spacial score (nSPS) is 11.1. The van der Waals surface area contributed by atoms with E-state index in [1.54, 1.807) is 55.1 Å². The molecule has 0 unspecified atom stereocenters. The van der Waals surface area contributed by atoms with Crippen molar-refractivity contribution < 1.29 is 13.2 Å². The van der Waals surface area contributed by atoms with Gasteiger partial charge in [-0.15, -0.1) is 11.8 Å². The maximum Gasteiger partial charge on any atom is 0.261 e. The summed E-state index contributed by atoms with van der Waals surface area (Å²) in [6.07, 6.45) is 0. The zero-order valence-corrected chi connectivity index (χ0v) is 17.8. The number of nitrogens with one attached hydrogen (secondary N) is 2. The highest BCUT2D eigenvalue weighted by molar-refractivity contribution is 7.99. The second-order valence-electron chi connectivity index (χ2n) is 6.33. The van der Waals surface area contributed by atoms with Crippen molar-refractivity contribution in [2.75, 3.05) is 15.8 Å². The number of carbonyl (C=O) groups is 1. The van der Waals surface area contributed by atoms with Crippen LogP contribution in [0.5, 0.6) is 0 Å². The third kappa shape index (κ3) is 5.19. The van der Waals surface area contributed by atoms with Crippen LogP contribution in [0.2, 0.25) is 0 Å². The number of aryl methyl sites for hydroxylation is 1. The van der Waals surface area contributed by atoms with Crippen LogP contribution in [0.1, 0.15) is 22.8 Å². The van der Waals surface area contributed by atoms with Crippen LogP contribution in [-0.4, -0.2) is 20.1 Å². The van der Waals surface area contributed by atoms with Crippen LogP contribution >= 0.6 is 11.8 Å². The van der Waals surface area contributed by atoms with Crippen molar-refractivity contribution in [2.24, 2.45) is 0 Å². The number of hydrogen-bond donors (Lipinski definition) is 2. The quantitative estimate of drug-likeness (QED) is 0.512. The van der Waals surface area contributed by atoms with Gasteiger partial charge in [0.05, 0.1) is 16.3 Å². The van der Waals surface area contributed by atoms with E-state index in [0.717, 1.165) is 21.9 Å². The molecule has 0 aliphatic heterocycles. The van der Waals surface area contributed by atoms with Crippen LogP contribution in [-0.2, 0) is 10.0 Å². The summed E-state index contributed by atoms with van der Waals surface area (Å²) in [7, 11) is -3.74. The SMILES string of the molecule is CCSc1ccccc1NC(=O)c1ccc(C)c(NS(=O)(=O)c2ccccc2)c1. The van der Waals surface area contributed by atoms with Gasteiger partial charge >= 0.3 is 0 Å². The minimum atomic E-state index is -3.74. The van der Waals surface area contributed by atoms with Crippen molar-refractivity contribution >= 4 is 39.1 Å². The van der Waals surface area contributed by atoms with Crippen LogP contribution < -0.4 is 10.0 Å². The number of rotatable bonds is 7. The first-order valence-corrected chi connectivity index (χ1v) is 11.6. The molecule has 1 amide bonds.